The zero-order valence-corrected chi connectivity index (χ0v) is 11.8. The molecular weight excluding hydrogens is 240 g/mol. The van der Waals surface area contributed by atoms with Gasteiger partial charge in [-0.15, -0.1) is 0 Å². The largest absolute Gasteiger partial charge is 0.395 e. The first-order chi connectivity index (χ1) is 9.17. The lowest BCUT2D eigenvalue weighted by Gasteiger charge is -2.12. The summed E-state index contributed by atoms with van der Waals surface area (Å²) >= 11 is 0. The molecule has 1 aromatic carbocycles. The molecule has 0 aliphatic carbocycles. The van der Waals surface area contributed by atoms with Crippen LogP contribution in [0.4, 0.5) is 5.69 Å². The lowest BCUT2D eigenvalue weighted by Crippen LogP contribution is -2.26. The van der Waals surface area contributed by atoms with Crippen LogP contribution in [-0.4, -0.2) is 30.7 Å². The van der Waals surface area contributed by atoms with E-state index in [0.717, 1.165) is 12.2 Å². The van der Waals surface area contributed by atoms with Gasteiger partial charge in [-0.3, -0.25) is 4.79 Å². The highest BCUT2D eigenvalue weighted by molar-refractivity contribution is 5.94. The van der Waals surface area contributed by atoms with Gasteiger partial charge in [0.05, 0.1) is 6.61 Å². The summed E-state index contributed by atoms with van der Waals surface area (Å²) in [5.41, 5.74) is 1.64. The number of aliphatic hydroxyl groups excluding tert-OH is 1. The summed E-state index contributed by atoms with van der Waals surface area (Å²) < 4.78 is 0. The van der Waals surface area contributed by atoms with Gasteiger partial charge in [0.15, 0.2) is 0 Å². The number of hydrogen-bond acceptors (Lipinski definition) is 3. The maximum Gasteiger partial charge on any atom is 0.251 e. The number of rotatable bonds is 8. The van der Waals surface area contributed by atoms with Crippen LogP contribution in [0.3, 0.4) is 0 Å². The summed E-state index contributed by atoms with van der Waals surface area (Å²) in [6, 6.07) is 7.40. The SMILES string of the molecule is CCCC(C)CNc1ccc(C(=O)NCCO)cc1. The van der Waals surface area contributed by atoms with Crippen LogP contribution in [0.5, 0.6) is 0 Å². The van der Waals surface area contributed by atoms with Crippen LogP contribution in [0.2, 0.25) is 0 Å². The maximum absolute atomic E-state index is 11.6. The van der Waals surface area contributed by atoms with Gasteiger partial charge in [-0.1, -0.05) is 20.3 Å². The van der Waals surface area contributed by atoms with Crippen molar-refractivity contribution in [3.63, 3.8) is 0 Å². The fourth-order valence-electron chi connectivity index (χ4n) is 1.90. The predicted molar refractivity (Wildman–Crippen MR) is 78.4 cm³/mol. The first-order valence-electron chi connectivity index (χ1n) is 6.90. The molecule has 1 aromatic rings. The third-order valence-corrected chi connectivity index (χ3v) is 2.98. The first-order valence-corrected chi connectivity index (χ1v) is 6.90. The highest BCUT2D eigenvalue weighted by atomic mass is 16.3. The Balaban J connectivity index is 2.45. The van der Waals surface area contributed by atoms with E-state index in [4.69, 9.17) is 5.11 Å². The first kappa shape index (κ1) is 15.5. The third kappa shape index (κ3) is 5.75. The monoisotopic (exact) mass is 264 g/mol. The number of hydrogen-bond donors (Lipinski definition) is 3. The van der Waals surface area contributed by atoms with E-state index in [9.17, 15) is 4.79 Å². The molecular formula is C15H24N2O2. The molecule has 106 valence electrons. The van der Waals surface area contributed by atoms with E-state index in [0.29, 0.717) is 11.5 Å². The molecule has 0 saturated heterocycles. The van der Waals surface area contributed by atoms with Gasteiger partial charge in [-0.05, 0) is 36.6 Å². The van der Waals surface area contributed by atoms with E-state index in [-0.39, 0.29) is 19.1 Å². The van der Waals surface area contributed by atoms with Crippen molar-refractivity contribution in [3.8, 4) is 0 Å². The van der Waals surface area contributed by atoms with Gasteiger partial charge in [-0.2, -0.15) is 0 Å². The van der Waals surface area contributed by atoms with Crippen molar-refractivity contribution in [1.82, 2.24) is 5.32 Å². The number of aliphatic hydroxyl groups is 1. The van der Waals surface area contributed by atoms with Crippen molar-refractivity contribution in [3.05, 3.63) is 29.8 Å². The molecule has 0 bridgehead atoms. The Bertz CT molecular complexity index is 376. The van der Waals surface area contributed by atoms with Gasteiger partial charge >= 0.3 is 0 Å². The molecule has 1 amide bonds. The highest BCUT2D eigenvalue weighted by Crippen LogP contribution is 2.12. The minimum absolute atomic E-state index is 0.0410. The molecule has 0 aliphatic rings. The molecule has 1 rings (SSSR count). The Kier molecular flexibility index (Phi) is 6.97. The molecule has 3 N–H and O–H groups in total. The second kappa shape index (κ2) is 8.53. The second-order valence-corrected chi connectivity index (χ2v) is 4.83. The number of amides is 1. The van der Waals surface area contributed by atoms with E-state index in [2.05, 4.69) is 24.5 Å². The van der Waals surface area contributed by atoms with Crippen molar-refractivity contribution in [2.45, 2.75) is 26.7 Å². The summed E-state index contributed by atoms with van der Waals surface area (Å²) in [5.74, 6) is 0.498. The van der Waals surface area contributed by atoms with Crippen LogP contribution in [0.25, 0.3) is 0 Å². The Labute approximate surface area is 115 Å². The molecule has 4 heteroatoms. The van der Waals surface area contributed by atoms with E-state index < -0.39 is 0 Å². The van der Waals surface area contributed by atoms with Gasteiger partial charge in [0.2, 0.25) is 0 Å². The number of benzene rings is 1. The standard InChI is InChI=1S/C15H24N2O2/c1-3-4-12(2)11-17-14-7-5-13(6-8-14)15(19)16-9-10-18/h5-8,12,17-18H,3-4,9-11H2,1-2H3,(H,16,19). The normalized spacial score (nSPS) is 11.9. The molecule has 0 radical (unpaired) electrons. The summed E-state index contributed by atoms with van der Waals surface area (Å²) in [6.45, 7) is 5.61. The molecule has 0 aliphatic heterocycles. The van der Waals surface area contributed by atoms with E-state index in [1.165, 1.54) is 12.8 Å². The summed E-state index contributed by atoms with van der Waals surface area (Å²) in [6.07, 6.45) is 2.42. The van der Waals surface area contributed by atoms with Crippen LogP contribution < -0.4 is 10.6 Å². The number of carbonyl (C=O) groups is 1. The zero-order chi connectivity index (χ0) is 14.1. The van der Waals surface area contributed by atoms with E-state index in [1.54, 1.807) is 12.1 Å². The Morgan fingerprint density at radius 2 is 2.00 bits per heavy atom. The summed E-state index contributed by atoms with van der Waals surface area (Å²) in [7, 11) is 0. The minimum atomic E-state index is -0.153. The van der Waals surface area contributed by atoms with Crippen molar-refractivity contribution < 1.29 is 9.90 Å². The molecule has 0 spiro atoms. The molecule has 0 fully saturated rings. The molecule has 0 saturated carbocycles. The van der Waals surface area contributed by atoms with Gasteiger partial charge in [0.25, 0.3) is 5.91 Å². The van der Waals surface area contributed by atoms with Crippen molar-refractivity contribution in [2.24, 2.45) is 5.92 Å². The Morgan fingerprint density at radius 1 is 1.32 bits per heavy atom. The second-order valence-electron chi connectivity index (χ2n) is 4.83. The smallest absolute Gasteiger partial charge is 0.251 e. The van der Waals surface area contributed by atoms with E-state index in [1.807, 2.05) is 12.1 Å². The lowest BCUT2D eigenvalue weighted by atomic mass is 10.1. The molecule has 1 unspecified atom stereocenters. The molecule has 0 aromatic heterocycles. The molecule has 19 heavy (non-hydrogen) atoms. The fourth-order valence-corrected chi connectivity index (χ4v) is 1.90. The van der Waals surface area contributed by atoms with Crippen molar-refractivity contribution in [2.75, 3.05) is 25.0 Å². The van der Waals surface area contributed by atoms with Crippen LogP contribution in [-0.2, 0) is 0 Å². The number of anilines is 1. The van der Waals surface area contributed by atoms with Crippen LogP contribution in [0.1, 0.15) is 37.0 Å². The van der Waals surface area contributed by atoms with Crippen molar-refractivity contribution in [1.29, 1.82) is 0 Å². The van der Waals surface area contributed by atoms with Crippen molar-refractivity contribution >= 4 is 11.6 Å². The molecule has 4 nitrogen and oxygen atoms in total. The zero-order valence-electron chi connectivity index (χ0n) is 11.8. The van der Waals surface area contributed by atoms with Gasteiger partial charge < -0.3 is 15.7 Å². The highest BCUT2D eigenvalue weighted by Gasteiger charge is 2.05. The van der Waals surface area contributed by atoms with Crippen LogP contribution >= 0.6 is 0 Å². The van der Waals surface area contributed by atoms with Crippen LogP contribution in [0.15, 0.2) is 24.3 Å². The Hall–Kier alpha value is -1.55. The minimum Gasteiger partial charge on any atom is -0.395 e. The summed E-state index contributed by atoms with van der Waals surface area (Å²) in [4.78, 5) is 11.6. The Morgan fingerprint density at radius 3 is 2.58 bits per heavy atom. The molecule has 1 atom stereocenters. The van der Waals surface area contributed by atoms with Gasteiger partial charge in [-0.25, -0.2) is 0 Å². The lowest BCUT2D eigenvalue weighted by molar-refractivity contribution is 0.0945. The average Bonchev–Trinajstić information content (AvgIpc) is 2.43. The molecule has 0 heterocycles. The average molecular weight is 264 g/mol. The number of carbonyl (C=O) groups excluding carboxylic acids is 1. The topological polar surface area (TPSA) is 61.4 Å². The van der Waals surface area contributed by atoms with Crippen LogP contribution in [0, 0.1) is 5.92 Å². The third-order valence-electron chi connectivity index (χ3n) is 2.98. The quantitative estimate of drug-likeness (QED) is 0.675. The fraction of sp³-hybridized carbons (Fsp3) is 0.533. The van der Waals surface area contributed by atoms with E-state index >= 15 is 0 Å². The maximum atomic E-state index is 11.6. The van der Waals surface area contributed by atoms with Gasteiger partial charge in [0.1, 0.15) is 0 Å². The summed E-state index contributed by atoms with van der Waals surface area (Å²) in [5, 5.41) is 14.6. The predicted octanol–water partition coefficient (Wildman–Crippen LogP) is 2.26. The van der Waals surface area contributed by atoms with Gasteiger partial charge in [0, 0.05) is 24.3 Å². The number of nitrogens with one attached hydrogen (secondary N) is 2.